The average Bonchev–Trinajstić information content (AvgIpc) is 3.48. The van der Waals surface area contributed by atoms with Gasteiger partial charge >= 0.3 is 0 Å². The lowest BCUT2D eigenvalue weighted by molar-refractivity contribution is 0.100. The minimum atomic E-state index is -0.464. The van der Waals surface area contributed by atoms with E-state index in [9.17, 15) is 4.79 Å². The van der Waals surface area contributed by atoms with Gasteiger partial charge in [-0.1, -0.05) is 25.3 Å². The fourth-order valence-electron chi connectivity index (χ4n) is 5.18. The number of fused-ring (bicyclic) bond motifs is 2. The molecule has 0 atom stereocenters. The van der Waals surface area contributed by atoms with Gasteiger partial charge in [-0.15, -0.1) is 0 Å². The summed E-state index contributed by atoms with van der Waals surface area (Å²) in [5.41, 5.74) is 12.7. The molecule has 1 saturated carbocycles. The number of likely N-dealkylation sites (N-methyl/N-ethyl adjacent to an activating group) is 2. The summed E-state index contributed by atoms with van der Waals surface area (Å²) in [5.74, 6) is -0.464. The summed E-state index contributed by atoms with van der Waals surface area (Å²) >= 11 is 0. The average molecular weight is 460 g/mol. The quantitative estimate of drug-likeness (QED) is 0.432. The molecule has 34 heavy (non-hydrogen) atoms. The van der Waals surface area contributed by atoms with Crippen LogP contribution in [-0.4, -0.2) is 64.6 Å². The summed E-state index contributed by atoms with van der Waals surface area (Å²) in [7, 11) is 6.06. The molecule has 2 aromatic carbocycles. The van der Waals surface area contributed by atoms with E-state index < -0.39 is 5.91 Å². The fourth-order valence-corrected chi connectivity index (χ4v) is 5.18. The van der Waals surface area contributed by atoms with Crippen molar-refractivity contribution >= 4 is 33.7 Å². The first-order valence-corrected chi connectivity index (χ1v) is 12.1. The second kappa shape index (κ2) is 9.10. The van der Waals surface area contributed by atoms with E-state index in [1.807, 2.05) is 33.5 Å². The number of hydrogen-bond donors (Lipinski definition) is 2. The number of aromatic amines is 1. The normalized spacial score (nSPS) is 14.9. The largest absolute Gasteiger partial charge is 0.373 e. The van der Waals surface area contributed by atoms with Gasteiger partial charge in [0.1, 0.15) is 0 Å². The number of aromatic nitrogens is 4. The van der Waals surface area contributed by atoms with Crippen molar-refractivity contribution in [3.8, 4) is 11.1 Å². The van der Waals surface area contributed by atoms with Gasteiger partial charge in [-0.25, -0.2) is 9.97 Å². The van der Waals surface area contributed by atoms with Crippen LogP contribution in [0.3, 0.4) is 0 Å². The number of carbonyl (C=O) groups is 1. The van der Waals surface area contributed by atoms with Crippen molar-refractivity contribution in [1.82, 2.24) is 24.4 Å². The predicted molar refractivity (Wildman–Crippen MR) is 137 cm³/mol. The monoisotopic (exact) mass is 459 g/mol. The molecule has 0 bridgehead atoms. The molecule has 0 radical (unpaired) electrons. The molecule has 0 aliphatic heterocycles. The molecule has 2 heterocycles. The first-order valence-electron chi connectivity index (χ1n) is 12.1. The number of anilines is 1. The Labute approximate surface area is 199 Å². The Morgan fingerprint density at radius 3 is 2.65 bits per heavy atom. The van der Waals surface area contributed by atoms with Crippen LogP contribution in [0, 0.1) is 0 Å². The maximum atomic E-state index is 12.5. The number of carbonyl (C=O) groups excluding carboxylic acids is 1. The van der Waals surface area contributed by atoms with E-state index in [-0.39, 0.29) is 0 Å². The molecule has 8 heteroatoms. The van der Waals surface area contributed by atoms with Crippen molar-refractivity contribution in [2.45, 2.75) is 38.1 Å². The van der Waals surface area contributed by atoms with Crippen LogP contribution >= 0.6 is 0 Å². The van der Waals surface area contributed by atoms with E-state index in [4.69, 9.17) is 10.7 Å². The van der Waals surface area contributed by atoms with Gasteiger partial charge in [0.05, 0.1) is 46.0 Å². The van der Waals surface area contributed by atoms with Crippen LogP contribution < -0.4 is 10.6 Å². The van der Waals surface area contributed by atoms with Crippen LogP contribution in [-0.2, 0) is 0 Å². The molecule has 178 valence electrons. The minimum absolute atomic E-state index is 0.464. The second-order valence-corrected chi connectivity index (χ2v) is 9.68. The molecular formula is C26H33N7O. The van der Waals surface area contributed by atoms with Crippen molar-refractivity contribution in [2.24, 2.45) is 5.73 Å². The molecule has 1 fully saturated rings. The molecule has 4 aromatic rings. The van der Waals surface area contributed by atoms with Gasteiger partial charge in [-0.2, -0.15) is 0 Å². The molecular weight excluding hydrogens is 426 g/mol. The van der Waals surface area contributed by atoms with E-state index in [2.05, 4.69) is 42.5 Å². The van der Waals surface area contributed by atoms with E-state index in [1.54, 1.807) is 6.33 Å². The molecule has 2 aromatic heterocycles. The number of nitrogens with one attached hydrogen (secondary N) is 1. The highest BCUT2D eigenvalue weighted by atomic mass is 16.1. The molecule has 3 N–H and O–H groups in total. The number of H-pyrrole nitrogens is 1. The Hall–Kier alpha value is -3.39. The highest BCUT2D eigenvalue weighted by molar-refractivity contribution is 6.13. The minimum Gasteiger partial charge on any atom is -0.373 e. The van der Waals surface area contributed by atoms with Gasteiger partial charge in [0.15, 0.2) is 0 Å². The van der Waals surface area contributed by atoms with Crippen molar-refractivity contribution in [3.05, 3.63) is 42.5 Å². The lowest BCUT2D eigenvalue weighted by Crippen LogP contribution is -2.30. The van der Waals surface area contributed by atoms with Crippen LogP contribution in [0.1, 0.15) is 48.5 Å². The van der Waals surface area contributed by atoms with Gasteiger partial charge in [-0.05, 0) is 50.7 Å². The molecule has 1 amide bonds. The van der Waals surface area contributed by atoms with Gasteiger partial charge in [0, 0.05) is 31.7 Å². The fraction of sp³-hybridized carbons (Fsp3) is 0.423. The number of nitrogens with zero attached hydrogens (tertiary/aromatic N) is 5. The molecule has 0 unspecified atom stereocenters. The van der Waals surface area contributed by atoms with Crippen molar-refractivity contribution < 1.29 is 4.79 Å². The summed E-state index contributed by atoms with van der Waals surface area (Å²) < 4.78 is 2.35. The zero-order valence-electron chi connectivity index (χ0n) is 20.2. The summed E-state index contributed by atoms with van der Waals surface area (Å²) in [4.78, 5) is 29.1. The number of rotatable bonds is 7. The van der Waals surface area contributed by atoms with Crippen molar-refractivity contribution in [2.75, 3.05) is 39.1 Å². The summed E-state index contributed by atoms with van der Waals surface area (Å²) in [6, 6.07) is 9.02. The summed E-state index contributed by atoms with van der Waals surface area (Å²) in [6.07, 6.45) is 9.97. The highest BCUT2D eigenvalue weighted by Crippen LogP contribution is 2.37. The van der Waals surface area contributed by atoms with Gasteiger partial charge in [-0.3, -0.25) is 4.79 Å². The molecule has 1 aliphatic carbocycles. The number of amides is 1. The van der Waals surface area contributed by atoms with E-state index in [1.165, 1.54) is 37.6 Å². The molecule has 8 nitrogen and oxygen atoms in total. The van der Waals surface area contributed by atoms with Gasteiger partial charge < -0.3 is 25.1 Å². The second-order valence-electron chi connectivity index (χ2n) is 9.68. The van der Waals surface area contributed by atoms with Crippen LogP contribution in [0.5, 0.6) is 0 Å². The smallest absolute Gasteiger partial charge is 0.253 e. The third kappa shape index (κ3) is 4.03. The van der Waals surface area contributed by atoms with E-state index >= 15 is 0 Å². The van der Waals surface area contributed by atoms with Gasteiger partial charge in [0.25, 0.3) is 5.91 Å². The Bertz CT molecular complexity index is 1330. The zero-order valence-corrected chi connectivity index (χ0v) is 20.2. The number of benzene rings is 2. The van der Waals surface area contributed by atoms with Crippen molar-refractivity contribution in [1.29, 1.82) is 0 Å². The number of primary amides is 1. The lowest BCUT2D eigenvalue weighted by Gasteiger charge is -2.25. The van der Waals surface area contributed by atoms with Gasteiger partial charge in [0.2, 0.25) is 0 Å². The highest BCUT2D eigenvalue weighted by Gasteiger charge is 2.22. The van der Waals surface area contributed by atoms with E-state index in [0.717, 1.165) is 40.9 Å². The van der Waals surface area contributed by atoms with Crippen LogP contribution in [0.4, 0.5) is 5.69 Å². The lowest BCUT2D eigenvalue weighted by atomic mass is 9.95. The number of nitrogens with two attached hydrogens (primary N) is 1. The first kappa shape index (κ1) is 22.4. The zero-order chi connectivity index (χ0) is 23.8. The standard InChI is InChI=1S/C26H33N7O/c1-31(2)11-12-32(3)22-14-19(24-25(29-15-28-24)23(22)26(27)34)17-9-10-21-20(13-17)30-16-33(21)18-7-5-4-6-8-18/h9-10,13-16,18H,4-8,11-12H2,1-3H3,(H2,27,34)(H,28,29). The third-order valence-electron chi connectivity index (χ3n) is 7.08. The Kier molecular flexibility index (Phi) is 6.00. The predicted octanol–water partition coefficient (Wildman–Crippen LogP) is 4.18. The topological polar surface area (TPSA) is 96.1 Å². The third-order valence-corrected chi connectivity index (χ3v) is 7.08. The Morgan fingerprint density at radius 1 is 1.12 bits per heavy atom. The molecule has 1 aliphatic rings. The molecule has 0 spiro atoms. The Morgan fingerprint density at radius 2 is 1.91 bits per heavy atom. The SMILES string of the molecule is CN(C)CCN(C)c1cc(-c2ccc3c(c2)ncn3C2CCCCC2)c2nc[nH]c2c1C(N)=O. The first-order chi connectivity index (χ1) is 16.4. The molecule has 0 saturated heterocycles. The van der Waals surface area contributed by atoms with Crippen molar-refractivity contribution in [3.63, 3.8) is 0 Å². The summed E-state index contributed by atoms with van der Waals surface area (Å²) in [6.45, 7) is 1.62. The molecule has 5 rings (SSSR count). The number of hydrogen-bond acceptors (Lipinski definition) is 5. The number of imidazole rings is 2. The maximum absolute atomic E-state index is 12.5. The van der Waals surface area contributed by atoms with E-state index in [0.29, 0.717) is 17.1 Å². The van der Waals surface area contributed by atoms with Crippen LogP contribution in [0.15, 0.2) is 36.9 Å². The van der Waals surface area contributed by atoms with Crippen LogP contribution in [0.25, 0.3) is 33.2 Å². The maximum Gasteiger partial charge on any atom is 0.253 e. The van der Waals surface area contributed by atoms with Crippen LogP contribution in [0.2, 0.25) is 0 Å². The Balaban J connectivity index is 1.61. The summed E-state index contributed by atoms with van der Waals surface area (Å²) in [5, 5.41) is 0.